The van der Waals surface area contributed by atoms with Crippen molar-refractivity contribution in [2.24, 2.45) is 0 Å². The van der Waals surface area contributed by atoms with E-state index in [9.17, 15) is 12.3 Å². The SMILES string of the molecule is O=S(=O)(F)c1ccc(Oc2ccc(Br)cc2)cc1. The van der Waals surface area contributed by atoms with Crippen molar-refractivity contribution in [3.8, 4) is 11.5 Å². The third kappa shape index (κ3) is 3.30. The monoisotopic (exact) mass is 330 g/mol. The summed E-state index contributed by atoms with van der Waals surface area (Å²) < 4.78 is 40.3. The predicted molar refractivity (Wildman–Crippen MR) is 69.0 cm³/mol. The molecule has 3 nitrogen and oxygen atoms in total. The van der Waals surface area contributed by atoms with E-state index in [0.29, 0.717) is 11.5 Å². The summed E-state index contributed by atoms with van der Waals surface area (Å²) in [6.45, 7) is 0. The van der Waals surface area contributed by atoms with Crippen LogP contribution in [0.5, 0.6) is 11.5 Å². The van der Waals surface area contributed by atoms with Gasteiger partial charge in [0.1, 0.15) is 11.5 Å². The van der Waals surface area contributed by atoms with Crippen LogP contribution in [-0.4, -0.2) is 8.42 Å². The zero-order valence-corrected chi connectivity index (χ0v) is 11.4. The summed E-state index contributed by atoms with van der Waals surface area (Å²) in [6, 6.07) is 12.2. The van der Waals surface area contributed by atoms with Crippen LogP contribution in [0.4, 0.5) is 3.89 Å². The van der Waals surface area contributed by atoms with Gasteiger partial charge in [0.25, 0.3) is 0 Å². The Bertz CT molecular complexity index is 636. The molecule has 0 fully saturated rings. The van der Waals surface area contributed by atoms with Crippen LogP contribution in [-0.2, 0) is 10.2 Å². The molecule has 0 unspecified atom stereocenters. The van der Waals surface area contributed by atoms with Crippen LogP contribution in [0.15, 0.2) is 57.9 Å². The summed E-state index contributed by atoms with van der Waals surface area (Å²) >= 11 is 3.30. The standard InChI is InChI=1S/C12H8BrFO3S/c13-9-1-3-10(4-2-9)17-11-5-7-12(8-6-11)18(14,15)16/h1-8H. The molecule has 0 radical (unpaired) electrons. The molecule has 2 aromatic carbocycles. The van der Waals surface area contributed by atoms with Gasteiger partial charge in [-0.2, -0.15) is 8.42 Å². The molecule has 6 heteroatoms. The summed E-state index contributed by atoms with van der Waals surface area (Å²) in [5.41, 5.74) is 0. The molecular formula is C12H8BrFO3S. The van der Waals surface area contributed by atoms with Crippen LogP contribution >= 0.6 is 15.9 Å². The Balaban J connectivity index is 2.18. The van der Waals surface area contributed by atoms with E-state index in [0.717, 1.165) is 16.6 Å². The molecule has 0 N–H and O–H groups in total. The fourth-order valence-corrected chi connectivity index (χ4v) is 2.03. The van der Waals surface area contributed by atoms with Crippen LogP contribution in [0.1, 0.15) is 0 Å². The zero-order valence-electron chi connectivity index (χ0n) is 9.01. The van der Waals surface area contributed by atoms with E-state index in [4.69, 9.17) is 4.74 Å². The van der Waals surface area contributed by atoms with E-state index in [1.807, 2.05) is 12.1 Å². The van der Waals surface area contributed by atoms with E-state index < -0.39 is 10.2 Å². The van der Waals surface area contributed by atoms with Crippen LogP contribution in [0.25, 0.3) is 0 Å². The Morgan fingerprint density at radius 1 is 0.889 bits per heavy atom. The minimum Gasteiger partial charge on any atom is -0.457 e. The lowest BCUT2D eigenvalue weighted by Gasteiger charge is -2.05. The third-order valence-electron chi connectivity index (χ3n) is 2.15. The number of benzene rings is 2. The number of ether oxygens (including phenoxy) is 1. The minimum atomic E-state index is -4.66. The Kier molecular flexibility index (Phi) is 3.68. The lowest BCUT2D eigenvalue weighted by molar-refractivity contribution is 0.482. The quantitative estimate of drug-likeness (QED) is 0.801. The lowest BCUT2D eigenvalue weighted by Crippen LogP contribution is -1.91. The van der Waals surface area contributed by atoms with Crippen molar-refractivity contribution in [3.63, 3.8) is 0 Å². The Labute approximate surface area is 113 Å². The molecule has 94 valence electrons. The Hall–Kier alpha value is -1.40. The summed E-state index contributed by atoms with van der Waals surface area (Å²) in [5.74, 6) is 1.04. The van der Waals surface area contributed by atoms with Gasteiger partial charge >= 0.3 is 10.2 Å². The molecule has 0 amide bonds. The van der Waals surface area contributed by atoms with Crippen molar-refractivity contribution in [2.75, 3.05) is 0 Å². The topological polar surface area (TPSA) is 43.4 Å². The summed E-state index contributed by atoms with van der Waals surface area (Å²) in [6.07, 6.45) is 0. The van der Waals surface area contributed by atoms with Crippen LogP contribution in [0.2, 0.25) is 0 Å². The average molecular weight is 331 g/mol. The number of halogens is 2. The normalized spacial score (nSPS) is 11.2. The second-order valence-electron chi connectivity index (χ2n) is 3.47. The van der Waals surface area contributed by atoms with Gasteiger partial charge in [0.15, 0.2) is 0 Å². The summed E-state index contributed by atoms with van der Waals surface area (Å²) in [7, 11) is -4.66. The molecule has 0 aliphatic carbocycles. The Morgan fingerprint density at radius 2 is 1.33 bits per heavy atom. The molecule has 18 heavy (non-hydrogen) atoms. The lowest BCUT2D eigenvalue weighted by atomic mass is 10.3. The van der Waals surface area contributed by atoms with Crippen molar-refractivity contribution in [1.29, 1.82) is 0 Å². The van der Waals surface area contributed by atoms with Crippen molar-refractivity contribution < 1.29 is 17.0 Å². The van der Waals surface area contributed by atoms with Crippen molar-refractivity contribution in [2.45, 2.75) is 4.90 Å². The second-order valence-corrected chi connectivity index (χ2v) is 5.73. The van der Waals surface area contributed by atoms with Gasteiger partial charge in [0.05, 0.1) is 4.90 Å². The van der Waals surface area contributed by atoms with E-state index in [1.165, 1.54) is 12.1 Å². The highest BCUT2D eigenvalue weighted by Gasteiger charge is 2.11. The van der Waals surface area contributed by atoms with Crippen molar-refractivity contribution in [3.05, 3.63) is 53.0 Å². The summed E-state index contributed by atoms with van der Waals surface area (Å²) in [4.78, 5) is -0.384. The molecule has 0 aromatic heterocycles. The zero-order chi connectivity index (χ0) is 13.2. The van der Waals surface area contributed by atoms with Crippen LogP contribution < -0.4 is 4.74 Å². The smallest absolute Gasteiger partial charge is 0.332 e. The number of hydrogen-bond donors (Lipinski definition) is 0. The first kappa shape index (κ1) is 13.0. The summed E-state index contributed by atoms with van der Waals surface area (Å²) in [5, 5.41) is 0. The van der Waals surface area contributed by atoms with Gasteiger partial charge < -0.3 is 4.74 Å². The maximum Gasteiger partial charge on any atom is 0.332 e. The first-order chi connectivity index (χ1) is 8.45. The second kappa shape index (κ2) is 5.07. The molecule has 2 rings (SSSR count). The molecule has 2 aromatic rings. The van der Waals surface area contributed by atoms with Crippen molar-refractivity contribution in [1.82, 2.24) is 0 Å². The van der Waals surface area contributed by atoms with Gasteiger partial charge in [0.2, 0.25) is 0 Å². The van der Waals surface area contributed by atoms with Gasteiger partial charge in [-0.1, -0.05) is 15.9 Å². The molecule has 0 bridgehead atoms. The highest BCUT2D eigenvalue weighted by molar-refractivity contribution is 9.10. The predicted octanol–water partition coefficient (Wildman–Crippen LogP) is 3.90. The third-order valence-corrected chi connectivity index (χ3v) is 3.52. The highest BCUT2D eigenvalue weighted by atomic mass is 79.9. The first-order valence-electron chi connectivity index (χ1n) is 4.93. The van der Waals surface area contributed by atoms with Gasteiger partial charge in [-0.15, -0.1) is 3.89 Å². The first-order valence-corrected chi connectivity index (χ1v) is 7.11. The van der Waals surface area contributed by atoms with Gasteiger partial charge in [0, 0.05) is 4.47 Å². The molecule has 0 heterocycles. The van der Waals surface area contributed by atoms with Crippen molar-refractivity contribution >= 4 is 26.2 Å². The van der Waals surface area contributed by atoms with Crippen LogP contribution in [0, 0.1) is 0 Å². The molecule has 0 saturated heterocycles. The van der Waals surface area contributed by atoms with E-state index in [1.54, 1.807) is 12.1 Å². The number of rotatable bonds is 3. The maximum absolute atomic E-state index is 12.7. The van der Waals surface area contributed by atoms with E-state index >= 15 is 0 Å². The maximum atomic E-state index is 12.7. The Morgan fingerprint density at radius 3 is 1.78 bits per heavy atom. The van der Waals surface area contributed by atoms with Crippen LogP contribution in [0.3, 0.4) is 0 Å². The highest BCUT2D eigenvalue weighted by Crippen LogP contribution is 2.24. The average Bonchev–Trinajstić information content (AvgIpc) is 2.32. The number of hydrogen-bond acceptors (Lipinski definition) is 3. The fourth-order valence-electron chi connectivity index (χ4n) is 1.31. The van der Waals surface area contributed by atoms with E-state index in [-0.39, 0.29) is 4.90 Å². The van der Waals surface area contributed by atoms with E-state index in [2.05, 4.69) is 15.9 Å². The molecule has 0 aliphatic heterocycles. The van der Waals surface area contributed by atoms with Gasteiger partial charge in [-0.3, -0.25) is 0 Å². The van der Waals surface area contributed by atoms with Gasteiger partial charge in [-0.05, 0) is 48.5 Å². The molecule has 0 saturated carbocycles. The molecule has 0 atom stereocenters. The fraction of sp³-hybridized carbons (Fsp3) is 0. The largest absolute Gasteiger partial charge is 0.457 e. The molecular weight excluding hydrogens is 323 g/mol. The van der Waals surface area contributed by atoms with Gasteiger partial charge in [-0.25, -0.2) is 0 Å². The minimum absolute atomic E-state index is 0.384. The molecule has 0 aliphatic rings. The molecule has 0 spiro atoms.